The maximum Gasteiger partial charge on any atom is 0.0231 e. The summed E-state index contributed by atoms with van der Waals surface area (Å²) in [4.78, 5) is 0.942. The number of benzene rings is 1. The van der Waals surface area contributed by atoms with Gasteiger partial charge >= 0.3 is 0 Å². The molecule has 0 fully saturated rings. The van der Waals surface area contributed by atoms with E-state index >= 15 is 0 Å². The second kappa shape index (κ2) is 3.42. The van der Waals surface area contributed by atoms with Crippen LogP contribution in [0.25, 0.3) is 0 Å². The first-order chi connectivity index (χ1) is 4.75. The summed E-state index contributed by atoms with van der Waals surface area (Å²) in [6, 6.07) is 5.82. The molecule has 0 amide bonds. The van der Waals surface area contributed by atoms with Gasteiger partial charge in [-0.3, -0.25) is 0 Å². The Hall–Kier alpha value is 0.01000. The fraction of sp³-hybridized carbons (Fsp3) is 0.143. The van der Waals surface area contributed by atoms with E-state index in [0.717, 1.165) is 14.9 Å². The smallest absolute Gasteiger partial charge is 0.0231 e. The Morgan fingerprint density at radius 3 is 2.60 bits per heavy atom. The van der Waals surface area contributed by atoms with Crippen LogP contribution < -0.4 is 5.73 Å². The lowest BCUT2D eigenvalue weighted by Gasteiger charge is -2.02. The van der Waals surface area contributed by atoms with E-state index in [2.05, 4.69) is 28.6 Å². The Balaban J connectivity index is 3.17. The van der Waals surface area contributed by atoms with Crippen LogP contribution in [0.2, 0.25) is 0 Å². The van der Waals surface area contributed by atoms with Gasteiger partial charge in [-0.05, 0) is 17.7 Å². The van der Waals surface area contributed by atoms with Gasteiger partial charge in [-0.15, -0.1) is 12.6 Å². The highest BCUT2D eigenvalue weighted by atomic mass is 79.9. The molecule has 3 heteroatoms. The Bertz CT molecular complexity index is 217. The third-order valence-corrected chi connectivity index (χ3v) is 2.46. The zero-order chi connectivity index (χ0) is 7.56. The fourth-order valence-electron chi connectivity index (χ4n) is 0.749. The lowest BCUT2D eigenvalue weighted by atomic mass is 10.2. The lowest BCUT2D eigenvalue weighted by Crippen LogP contribution is -1.98. The third kappa shape index (κ3) is 1.54. The molecule has 0 saturated heterocycles. The number of rotatable bonds is 1. The molecule has 0 spiro atoms. The minimum absolute atomic E-state index is 0.528. The van der Waals surface area contributed by atoms with Crippen LogP contribution in [0.3, 0.4) is 0 Å². The molecule has 2 N–H and O–H groups in total. The number of thiol groups is 1. The minimum Gasteiger partial charge on any atom is -0.326 e. The van der Waals surface area contributed by atoms with Crippen molar-refractivity contribution < 1.29 is 0 Å². The molecule has 0 aromatic heterocycles. The fourth-order valence-corrected chi connectivity index (χ4v) is 1.73. The average molecular weight is 218 g/mol. The van der Waals surface area contributed by atoms with E-state index in [9.17, 15) is 0 Å². The summed E-state index contributed by atoms with van der Waals surface area (Å²) >= 11 is 7.62. The summed E-state index contributed by atoms with van der Waals surface area (Å²) in [5.41, 5.74) is 6.53. The first kappa shape index (κ1) is 8.11. The topological polar surface area (TPSA) is 26.0 Å². The standard InChI is InChI=1S/C7H8BrNS/c8-6-2-1-3-7(10)5(6)4-9/h1-3,10H,4,9H2. The van der Waals surface area contributed by atoms with Crippen molar-refractivity contribution in [3.05, 3.63) is 28.2 Å². The molecule has 0 radical (unpaired) electrons. The molecular formula is C7H8BrNS. The molecule has 0 aliphatic rings. The van der Waals surface area contributed by atoms with E-state index in [0.29, 0.717) is 6.54 Å². The maximum absolute atomic E-state index is 5.47. The Morgan fingerprint density at radius 1 is 1.50 bits per heavy atom. The number of nitrogens with two attached hydrogens (primary N) is 1. The lowest BCUT2D eigenvalue weighted by molar-refractivity contribution is 1.02. The molecule has 54 valence electrons. The van der Waals surface area contributed by atoms with E-state index in [1.54, 1.807) is 0 Å². The van der Waals surface area contributed by atoms with Crippen molar-refractivity contribution >= 4 is 28.6 Å². The van der Waals surface area contributed by atoms with Gasteiger partial charge in [0.05, 0.1) is 0 Å². The number of hydrogen-bond donors (Lipinski definition) is 2. The van der Waals surface area contributed by atoms with Gasteiger partial charge in [-0.1, -0.05) is 22.0 Å². The van der Waals surface area contributed by atoms with Crippen LogP contribution >= 0.6 is 28.6 Å². The monoisotopic (exact) mass is 217 g/mol. The zero-order valence-corrected chi connectivity index (χ0v) is 7.82. The average Bonchev–Trinajstić information content (AvgIpc) is 1.88. The van der Waals surface area contributed by atoms with Crippen LogP contribution in [0.4, 0.5) is 0 Å². The third-order valence-electron chi connectivity index (χ3n) is 1.30. The molecule has 10 heavy (non-hydrogen) atoms. The summed E-state index contributed by atoms with van der Waals surface area (Å²) in [7, 11) is 0. The van der Waals surface area contributed by atoms with Gasteiger partial charge in [0.15, 0.2) is 0 Å². The molecule has 0 unspecified atom stereocenters. The predicted molar refractivity (Wildman–Crippen MR) is 49.3 cm³/mol. The summed E-state index contributed by atoms with van der Waals surface area (Å²) in [5, 5.41) is 0. The van der Waals surface area contributed by atoms with E-state index in [1.165, 1.54) is 0 Å². The SMILES string of the molecule is NCc1c(S)cccc1Br. The summed E-state index contributed by atoms with van der Waals surface area (Å²) in [6.07, 6.45) is 0. The Kier molecular flexibility index (Phi) is 2.77. The maximum atomic E-state index is 5.47. The number of halogens is 1. The Morgan fingerprint density at radius 2 is 2.20 bits per heavy atom. The van der Waals surface area contributed by atoms with Crippen molar-refractivity contribution in [3.63, 3.8) is 0 Å². The second-order valence-corrected chi connectivity index (χ2v) is 3.28. The summed E-state index contributed by atoms with van der Waals surface area (Å²) in [5.74, 6) is 0. The van der Waals surface area contributed by atoms with E-state index in [-0.39, 0.29) is 0 Å². The van der Waals surface area contributed by atoms with Crippen molar-refractivity contribution in [2.24, 2.45) is 5.73 Å². The van der Waals surface area contributed by atoms with E-state index in [1.807, 2.05) is 18.2 Å². The van der Waals surface area contributed by atoms with Crippen molar-refractivity contribution in [1.29, 1.82) is 0 Å². The van der Waals surface area contributed by atoms with Gasteiger partial charge in [-0.2, -0.15) is 0 Å². The van der Waals surface area contributed by atoms with Gasteiger partial charge in [0.1, 0.15) is 0 Å². The van der Waals surface area contributed by atoms with Gasteiger partial charge in [-0.25, -0.2) is 0 Å². The first-order valence-corrected chi connectivity index (χ1v) is 4.16. The van der Waals surface area contributed by atoms with Crippen molar-refractivity contribution in [2.45, 2.75) is 11.4 Å². The largest absolute Gasteiger partial charge is 0.326 e. The van der Waals surface area contributed by atoms with Gasteiger partial charge in [0, 0.05) is 15.9 Å². The highest BCUT2D eigenvalue weighted by Crippen LogP contribution is 2.22. The van der Waals surface area contributed by atoms with Crippen LogP contribution in [-0.2, 0) is 6.54 Å². The normalized spacial score (nSPS) is 9.90. The molecule has 0 atom stereocenters. The zero-order valence-electron chi connectivity index (χ0n) is 5.34. The molecule has 0 heterocycles. The van der Waals surface area contributed by atoms with Crippen LogP contribution in [0, 0.1) is 0 Å². The van der Waals surface area contributed by atoms with Crippen LogP contribution in [-0.4, -0.2) is 0 Å². The highest BCUT2D eigenvalue weighted by molar-refractivity contribution is 9.10. The number of hydrogen-bond acceptors (Lipinski definition) is 2. The summed E-state index contributed by atoms with van der Waals surface area (Å²) in [6.45, 7) is 0.528. The van der Waals surface area contributed by atoms with Gasteiger partial charge in [0.2, 0.25) is 0 Å². The van der Waals surface area contributed by atoms with E-state index in [4.69, 9.17) is 5.73 Å². The molecule has 0 aliphatic carbocycles. The van der Waals surface area contributed by atoms with Crippen molar-refractivity contribution in [1.82, 2.24) is 0 Å². The molecule has 0 bridgehead atoms. The molecule has 0 aliphatic heterocycles. The quantitative estimate of drug-likeness (QED) is 0.694. The van der Waals surface area contributed by atoms with E-state index < -0.39 is 0 Å². The molecule has 1 rings (SSSR count). The molecule has 1 aromatic carbocycles. The predicted octanol–water partition coefficient (Wildman–Crippen LogP) is 2.20. The molecular weight excluding hydrogens is 210 g/mol. The van der Waals surface area contributed by atoms with Crippen molar-refractivity contribution in [2.75, 3.05) is 0 Å². The summed E-state index contributed by atoms with van der Waals surface area (Å²) < 4.78 is 1.03. The molecule has 1 nitrogen and oxygen atoms in total. The van der Waals surface area contributed by atoms with Crippen molar-refractivity contribution in [3.8, 4) is 0 Å². The van der Waals surface area contributed by atoms with Crippen LogP contribution in [0.15, 0.2) is 27.6 Å². The van der Waals surface area contributed by atoms with Gasteiger partial charge < -0.3 is 5.73 Å². The first-order valence-electron chi connectivity index (χ1n) is 2.92. The van der Waals surface area contributed by atoms with Crippen LogP contribution in [0.5, 0.6) is 0 Å². The Labute approximate surface area is 74.2 Å². The minimum atomic E-state index is 0.528. The highest BCUT2D eigenvalue weighted by Gasteiger charge is 1.99. The molecule has 1 aromatic rings. The van der Waals surface area contributed by atoms with Gasteiger partial charge in [0.25, 0.3) is 0 Å². The molecule has 0 saturated carbocycles. The van der Waals surface area contributed by atoms with Crippen LogP contribution in [0.1, 0.15) is 5.56 Å². The second-order valence-electron chi connectivity index (χ2n) is 1.94.